The van der Waals surface area contributed by atoms with E-state index in [1.165, 1.54) is 0 Å². The predicted octanol–water partition coefficient (Wildman–Crippen LogP) is 1.66. The highest BCUT2D eigenvalue weighted by Gasteiger charge is 2.09. The fraction of sp³-hybridized carbons (Fsp3) is 0.500. The van der Waals surface area contributed by atoms with Gasteiger partial charge in [0.1, 0.15) is 5.69 Å². The van der Waals surface area contributed by atoms with E-state index in [2.05, 4.69) is 26.2 Å². The topological polar surface area (TPSA) is 62.0 Å². The Kier molecular flexibility index (Phi) is 5.21. The zero-order valence-corrected chi connectivity index (χ0v) is 11.7. The average Bonchev–Trinajstić information content (AvgIpc) is 2.64. The highest BCUT2D eigenvalue weighted by atomic mass is 79.9. The average molecular weight is 307 g/mol. The van der Waals surface area contributed by atoms with Gasteiger partial charge in [-0.15, -0.1) is 0 Å². The van der Waals surface area contributed by atoms with Crippen LogP contribution < -0.4 is 5.32 Å². The van der Waals surface area contributed by atoms with E-state index >= 15 is 0 Å². The van der Waals surface area contributed by atoms with E-state index < -0.39 is 10.8 Å². The summed E-state index contributed by atoms with van der Waals surface area (Å²) in [5.41, 5.74) is 0.525. The summed E-state index contributed by atoms with van der Waals surface area (Å²) in [6, 6.07) is 1.72. The Labute approximate surface area is 106 Å². The smallest absolute Gasteiger partial charge is 0.267 e. The first-order valence-corrected chi connectivity index (χ1v) is 7.36. The molecule has 4 nitrogen and oxygen atoms in total. The largest absolute Gasteiger partial charge is 0.356 e. The summed E-state index contributed by atoms with van der Waals surface area (Å²) in [4.78, 5) is 14.4. The molecule has 0 fully saturated rings. The number of aromatic nitrogens is 1. The summed E-state index contributed by atoms with van der Waals surface area (Å²) < 4.78 is 11.9. The van der Waals surface area contributed by atoms with Crippen molar-refractivity contribution in [3.63, 3.8) is 0 Å². The fourth-order valence-corrected chi connectivity index (χ4v) is 1.94. The lowest BCUT2D eigenvalue weighted by atomic mass is 10.3. The highest BCUT2D eigenvalue weighted by molar-refractivity contribution is 9.10. The van der Waals surface area contributed by atoms with E-state index in [1.54, 1.807) is 18.5 Å². The van der Waals surface area contributed by atoms with Crippen molar-refractivity contribution in [3.05, 3.63) is 22.4 Å². The lowest BCUT2D eigenvalue weighted by Gasteiger charge is -2.08. The van der Waals surface area contributed by atoms with Crippen molar-refractivity contribution >= 4 is 32.6 Å². The van der Waals surface area contributed by atoms with Crippen molar-refractivity contribution in [3.8, 4) is 0 Å². The Balaban J connectivity index is 2.34. The number of rotatable bonds is 5. The third-order valence-electron chi connectivity index (χ3n) is 2.30. The molecular formula is C10H15BrN2O2S. The standard InChI is InChI=1S/C10H15BrN2O2S/c1-7(16(2)15)3-4-12-10(14)9-5-8(11)6-13-9/h5-7,13H,3-4H2,1-2H3,(H,12,14). The van der Waals surface area contributed by atoms with Crippen molar-refractivity contribution < 1.29 is 9.00 Å². The van der Waals surface area contributed by atoms with Crippen LogP contribution in [-0.2, 0) is 10.8 Å². The lowest BCUT2D eigenvalue weighted by Crippen LogP contribution is -2.27. The van der Waals surface area contributed by atoms with E-state index in [4.69, 9.17) is 0 Å². The van der Waals surface area contributed by atoms with Gasteiger partial charge in [-0.25, -0.2) is 0 Å². The second-order valence-corrected chi connectivity index (χ2v) is 6.30. The second-order valence-electron chi connectivity index (χ2n) is 3.59. The van der Waals surface area contributed by atoms with Gasteiger partial charge in [0.25, 0.3) is 5.91 Å². The minimum absolute atomic E-state index is 0.107. The molecule has 1 aromatic heterocycles. The molecule has 6 heteroatoms. The van der Waals surface area contributed by atoms with Gasteiger partial charge >= 0.3 is 0 Å². The molecule has 2 atom stereocenters. The quantitative estimate of drug-likeness (QED) is 0.869. The van der Waals surface area contributed by atoms with Crippen LogP contribution in [0.5, 0.6) is 0 Å². The number of nitrogens with one attached hydrogen (secondary N) is 2. The Hall–Kier alpha value is -0.620. The normalized spacial score (nSPS) is 14.4. The van der Waals surface area contributed by atoms with Crippen molar-refractivity contribution in [1.29, 1.82) is 0 Å². The van der Waals surface area contributed by atoms with Crippen LogP contribution in [0.4, 0.5) is 0 Å². The van der Waals surface area contributed by atoms with Gasteiger partial charge in [0.2, 0.25) is 0 Å². The van der Waals surface area contributed by atoms with Gasteiger partial charge in [0, 0.05) is 39.5 Å². The zero-order valence-electron chi connectivity index (χ0n) is 9.25. The maximum atomic E-state index is 11.6. The number of carbonyl (C=O) groups excluding carboxylic acids is 1. The number of H-pyrrole nitrogens is 1. The first-order chi connectivity index (χ1) is 7.50. The van der Waals surface area contributed by atoms with Gasteiger partial charge in [-0.1, -0.05) is 6.92 Å². The van der Waals surface area contributed by atoms with Gasteiger partial charge in [-0.2, -0.15) is 0 Å². The third kappa shape index (κ3) is 4.09. The highest BCUT2D eigenvalue weighted by Crippen LogP contribution is 2.10. The molecule has 1 rings (SSSR count). The Morgan fingerprint density at radius 3 is 2.88 bits per heavy atom. The Morgan fingerprint density at radius 1 is 1.69 bits per heavy atom. The minimum Gasteiger partial charge on any atom is -0.356 e. The fourth-order valence-electron chi connectivity index (χ4n) is 1.15. The maximum Gasteiger partial charge on any atom is 0.267 e. The molecule has 0 aliphatic rings. The van der Waals surface area contributed by atoms with Crippen LogP contribution in [0.2, 0.25) is 0 Å². The molecule has 0 spiro atoms. The summed E-state index contributed by atoms with van der Waals surface area (Å²) in [7, 11) is -0.832. The van der Waals surface area contributed by atoms with Gasteiger partial charge < -0.3 is 10.3 Å². The lowest BCUT2D eigenvalue weighted by molar-refractivity contribution is 0.0949. The first kappa shape index (κ1) is 13.4. The number of hydrogen-bond acceptors (Lipinski definition) is 2. The van der Waals surface area contributed by atoms with Crippen molar-refractivity contribution in [1.82, 2.24) is 10.3 Å². The van der Waals surface area contributed by atoms with Crippen LogP contribution in [0.15, 0.2) is 16.7 Å². The molecule has 2 unspecified atom stereocenters. The second kappa shape index (κ2) is 6.20. The van der Waals surface area contributed by atoms with E-state index in [0.29, 0.717) is 12.2 Å². The van der Waals surface area contributed by atoms with Crippen molar-refractivity contribution in [2.24, 2.45) is 0 Å². The van der Waals surface area contributed by atoms with Crippen LogP contribution in [0.3, 0.4) is 0 Å². The first-order valence-electron chi connectivity index (χ1n) is 4.95. The third-order valence-corrected chi connectivity index (χ3v) is 4.12. The van der Waals surface area contributed by atoms with E-state index in [1.807, 2.05) is 6.92 Å². The molecule has 0 saturated heterocycles. The molecule has 0 aliphatic heterocycles. The molecule has 1 amide bonds. The maximum absolute atomic E-state index is 11.6. The number of carbonyl (C=O) groups is 1. The molecule has 0 bridgehead atoms. The molecule has 0 aliphatic carbocycles. The molecule has 0 aromatic carbocycles. The monoisotopic (exact) mass is 306 g/mol. The molecule has 1 heterocycles. The van der Waals surface area contributed by atoms with E-state index in [9.17, 15) is 9.00 Å². The molecule has 1 aromatic rings. The number of halogens is 1. The number of amides is 1. The summed E-state index contributed by atoms with van der Waals surface area (Å²) in [6.07, 6.45) is 4.10. The Bertz CT molecular complexity index is 392. The molecule has 16 heavy (non-hydrogen) atoms. The summed E-state index contributed by atoms with van der Waals surface area (Å²) in [6.45, 7) is 2.45. The molecular weight excluding hydrogens is 292 g/mol. The Morgan fingerprint density at radius 2 is 2.38 bits per heavy atom. The van der Waals surface area contributed by atoms with Crippen LogP contribution in [0.25, 0.3) is 0 Å². The summed E-state index contributed by atoms with van der Waals surface area (Å²) >= 11 is 3.26. The number of aromatic amines is 1. The summed E-state index contributed by atoms with van der Waals surface area (Å²) in [5, 5.41) is 2.88. The number of hydrogen-bond donors (Lipinski definition) is 2. The molecule has 0 radical (unpaired) electrons. The van der Waals surface area contributed by atoms with Crippen LogP contribution >= 0.6 is 15.9 Å². The summed E-state index contributed by atoms with van der Waals surface area (Å²) in [5.74, 6) is -0.139. The van der Waals surface area contributed by atoms with E-state index in [-0.39, 0.29) is 11.2 Å². The van der Waals surface area contributed by atoms with Gasteiger partial charge in [-0.3, -0.25) is 9.00 Å². The molecule has 0 saturated carbocycles. The van der Waals surface area contributed by atoms with Gasteiger partial charge in [-0.05, 0) is 28.4 Å². The molecule has 2 N–H and O–H groups in total. The SMILES string of the molecule is CC(CCNC(=O)c1cc(Br)c[nH]1)S(C)=O. The molecule has 90 valence electrons. The van der Waals surface area contributed by atoms with Crippen LogP contribution in [0.1, 0.15) is 23.8 Å². The van der Waals surface area contributed by atoms with Crippen LogP contribution in [-0.4, -0.2) is 33.2 Å². The minimum atomic E-state index is -0.832. The van der Waals surface area contributed by atoms with Crippen molar-refractivity contribution in [2.45, 2.75) is 18.6 Å². The zero-order chi connectivity index (χ0) is 12.1. The van der Waals surface area contributed by atoms with Crippen molar-refractivity contribution in [2.75, 3.05) is 12.8 Å². The van der Waals surface area contributed by atoms with Crippen LogP contribution in [0, 0.1) is 0 Å². The van der Waals surface area contributed by atoms with E-state index in [0.717, 1.165) is 10.9 Å². The van der Waals surface area contributed by atoms with Gasteiger partial charge in [0.05, 0.1) is 0 Å². The van der Waals surface area contributed by atoms with Gasteiger partial charge in [0.15, 0.2) is 0 Å². The predicted molar refractivity (Wildman–Crippen MR) is 69.0 cm³/mol.